The van der Waals surface area contributed by atoms with Crippen LogP contribution in [0.4, 0.5) is 0 Å². The van der Waals surface area contributed by atoms with Gasteiger partial charge in [-0.25, -0.2) is 9.97 Å². The number of hydrogen-bond donors (Lipinski definition) is 4. The summed E-state index contributed by atoms with van der Waals surface area (Å²) in [5.41, 5.74) is 13.1. The number of nitrogens with zero attached hydrogens (tertiary/aromatic N) is 2. The number of rotatable bonds is 4. The molecule has 0 spiro atoms. The van der Waals surface area contributed by atoms with E-state index in [0.717, 1.165) is 59.6 Å². The van der Waals surface area contributed by atoms with Gasteiger partial charge in [0.15, 0.2) is 0 Å². The van der Waals surface area contributed by atoms with E-state index in [1.165, 1.54) is 54.4 Å². The van der Waals surface area contributed by atoms with Gasteiger partial charge in [0, 0.05) is 0 Å². The first-order chi connectivity index (χ1) is 19.3. The van der Waals surface area contributed by atoms with Crippen molar-refractivity contribution in [1.82, 2.24) is 30.6 Å². The number of aromatic nitrogens is 4. The van der Waals surface area contributed by atoms with Crippen molar-refractivity contribution in [2.75, 3.05) is 13.1 Å². The van der Waals surface area contributed by atoms with Gasteiger partial charge in [0.1, 0.15) is 11.6 Å². The smallest absolute Gasteiger partial charge is 0.124 e. The van der Waals surface area contributed by atoms with E-state index in [-0.39, 0.29) is 0 Å². The van der Waals surface area contributed by atoms with E-state index in [2.05, 4.69) is 69.1 Å². The molecule has 4 heterocycles. The van der Waals surface area contributed by atoms with Crippen molar-refractivity contribution in [3.63, 3.8) is 0 Å². The lowest BCUT2D eigenvalue weighted by Gasteiger charge is -2.23. The van der Waals surface area contributed by atoms with Crippen molar-refractivity contribution in [1.29, 1.82) is 0 Å². The number of nitrogens with one attached hydrogen (secondary N) is 4. The first kappa shape index (κ1) is 22.3. The summed E-state index contributed by atoms with van der Waals surface area (Å²) in [4.78, 5) is 17.1. The van der Waals surface area contributed by atoms with E-state index in [4.69, 9.17) is 9.97 Å². The highest BCUT2D eigenvalue weighted by atomic mass is 15.0. The van der Waals surface area contributed by atoms with Crippen LogP contribution in [-0.4, -0.2) is 33.0 Å². The molecule has 2 unspecified atom stereocenters. The fraction of sp³-hybridized carbons (Fsp3) is 0.394. The van der Waals surface area contributed by atoms with Crippen LogP contribution in [0, 0.1) is 0 Å². The van der Waals surface area contributed by atoms with E-state index in [0.29, 0.717) is 23.9 Å². The molecule has 196 valence electrons. The molecule has 2 aromatic heterocycles. The van der Waals surface area contributed by atoms with Crippen molar-refractivity contribution in [3.8, 4) is 22.3 Å². The van der Waals surface area contributed by atoms with Gasteiger partial charge < -0.3 is 20.6 Å². The summed E-state index contributed by atoms with van der Waals surface area (Å²) < 4.78 is 0. The fourth-order valence-electron chi connectivity index (χ4n) is 8.09. The normalized spacial score (nSPS) is 25.8. The van der Waals surface area contributed by atoms with E-state index >= 15 is 0 Å². The summed E-state index contributed by atoms with van der Waals surface area (Å²) in [6.45, 7) is 2.17. The minimum atomic E-state index is 0.359. The SMILES string of the molecule is c1cc2nc([C@@H]3CCCN3)[nH]c2cc1-c1ccc(-c2ccc3nc([C@@H]4CCCN4)[nH]c3c2)c2c1C1CCC2C1. The Balaban J connectivity index is 1.13. The molecule has 1 saturated carbocycles. The largest absolute Gasteiger partial charge is 0.341 e. The van der Waals surface area contributed by atoms with Gasteiger partial charge in [0.25, 0.3) is 0 Å². The van der Waals surface area contributed by atoms with Gasteiger partial charge in [0.05, 0.1) is 34.2 Å². The topological polar surface area (TPSA) is 81.4 Å². The van der Waals surface area contributed by atoms with Crippen LogP contribution in [0.25, 0.3) is 44.3 Å². The van der Waals surface area contributed by atoms with Gasteiger partial charge in [-0.3, -0.25) is 0 Å². The molecule has 4 N–H and O–H groups in total. The van der Waals surface area contributed by atoms with E-state index in [1.807, 2.05) is 0 Å². The molecule has 39 heavy (non-hydrogen) atoms. The van der Waals surface area contributed by atoms with Crippen molar-refractivity contribution in [2.24, 2.45) is 0 Å². The molecule has 9 rings (SSSR count). The summed E-state index contributed by atoms with van der Waals surface area (Å²) in [7, 11) is 0. The third-order valence-corrected chi connectivity index (χ3v) is 9.94. The lowest BCUT2D eigenvalue weighted by molar-refractivity contribution is 0.614. The number of aromatic amines is 2. The summed E-state index contributed by atoms with van der Waals surface area (Å²) in [6.07, 6.45) is 8.69. The van der Waals surface area contributed by atoms with Crippen molar-refractivity contribution < 1.29 is 0 Å². The number of hydrogen-bond acceptors (Lipinski definition) is 4. The molecule has 2 saturated heterocycles. The average molecular weight is 515 g/mol. The van der Waals surface area contributed by atoms with E-state index in [9.17, 15) is 0 Å². The van der Waals surface area contributed by atoms with Gasteiger partial charge in [-0.1, -0.05) is 24.3 Å². The van der Waals surface area contributed by atoms with Crippen LogP contribution < -0.4 is 10.6 Å². The fourth-order valence-corrected chi connectivity index (χ4v) is 8.09. The van der Waals surface area contributed by atoms with Crippen LogP contribution in [0.2, 0.25) is 0 Å². The Morgan fingerprint density at radius 1 is 0.590 bits per heavy atom. The number of H-pyrrole nitrogens is 2. The van der Waals surface area contributed by atoms with Crippen LogP contribution in [-0.2, 0) is 0 Å². The quantitative estimate of drug-likeness (QED) is 0.208. The highest BCUT2D eigenvalue weighted by molar-refractivity contribution is 5.88. The van der Waals surface area contributed by atoms with Crippen molar-refractivity contribution in [2.45, 2.75) is 68.9 Å². The van der Waals surface area contributed by atoms with E-state index < -0.39 is 0 Å². The Morgan fingerprint density at radius 2 is 1.10 bits per heavy atom. The van der Waals surface area contributed by atoms with Gasteiger partial charge >= 0.3 is 0 Å². The second kappa shape index (κ2) is 8.51. The minimum absolute atomic E-state index is 0.359. The van der Waals surface area contributed by atoms with Crippen LogP contribution >= 0.6 is 0 Å². The Morgan fingerprint density at radius 3 is 1.56 bits per heavy atom. The van der Waals surface area contributed by atoms with Crippen LogP contribution in [0.1, 0.15) is 91.6 Å². The number of imidazole rings is 2. The monoisotopic (exact) mass is 514 g/mol. The first-order valence-electron chi connectivity index (χ1n) is 14.9. The molecule has 3 fully saturated rings. The second-order valence-electron chi connectivity index (χ2n) is 12.2. The molecule has 5 aromatic rings. The predicted octanol–water partition coefficient (Wildman–Crippen LogP) is 6.99. The standard InChI is InChI=1S/C33H34N6/c1-3-26(34-13-1)32-36-24-11-7-18(16-28(24)38-32)22-9-10-23(31-21-6-5-20(15-21)30(22)31)19-8-12-25-29(17-19)39-33(37-25)27-4-2-14-35-27/h7-12,16-17,20-21,26-27,34-35H,1-6,13-15H2,(H,36,38)(H,37,39)/t20?,21?,26-,27-/m0/s1. The molecule has 4 atom stereocenters. The summed E-state index contributed by atoms with van der Waals surface area (Å²) in [6, 6.07) is 19.1. The molecule has 6 nitrogen and oxygen atoms in total. The van der Waals surface area contributed by atoms with Crippen molar-refractivity contribution >= 4 is 22.1 Å². The van der Waals surface area contributed by atoms with Crippen LogP contribution in [0.15, 0.2) is 48.5 Å². The lowest BCUT2D eigenvalue weighted by Crippen LogP contribution is -2.13. The summed E-state index contributed by atoms with van der Waals surface area (Å²) in [5.74, 6) is 3.51. The Labute approximate surface area is 228 Å². The minimum Gasteiger partial charge on any atom is -0.341 e. The molecule has 4 aliphatic rings. The maximum absolute atomic E-state index is 4.92. The van der Waals surface area contributed by atoms with Gasteiger partial charge in [-0.15, -0.1) is 0 Å². The van der Waals surface area contributed by atoms with Crippen LogP contribution in [0.3, 0.4) is 0 Å². The molecule has 2 aliphatic heterocycles. The molecule has 3 aromatic carbocycles. The second-order valence-corrected chi connectivity index (χ2v) is 12.2. The molecule has 2 bridgehead atoms. The van der Waals surface area contributed by atoms with Gasteiger partial charge in [0.2, 0.25) is 0 Å². The highest BCUT2D eigenvalue weighted by Crippen LogP contribution is 2.58. The Kier molecular flexibility index (Phi) is 4.88. The van der Waals surface area contributed by atoms with E-state index in [1.54, 1.807) is 11.1 Å². The maximum atomic E-state index is 4.92. The maximum Gasteiger partial charge on any atom is 0.124 e. The van der Waals surface area contributed by atoms with Crippen LogP contribution in [0.5, 0.6) is 0 Å². The molecule has 0 amide bonds. The summed E-state index contributed by atoms with van der Waals surface area (Å²) >= 11 is 0. The Hall–Kier alpha value is -3.48. The zero-order chi connectivity index (χ0) is 25.5. The third-order valence-electron chi connectivity index (χ3n) is 9.94. The highest BCUT2D eigenvalue weighted by Gasteiger charge is 2.40. The zero-order valence-electron chi connectivity index (χ0n) is 22.2. The summed E-state index contributed by atoms with van der Waals surface area (Å²) in [5, 5.41) is 7.16. The Bertz CT molecular complexity index is 1610. The first-order valence-corrected chi connectivity index (χ1v) is 14.9. The van der Waals surface area contributed by atoms with Gasteiger partial charge in [-0.2, -0.15) is 0 Å². The predicted molar refractivity (Wildman–Crippen MR) is 156 cm³/mol. The molecule has 2 aliphatic carbocycles. The number of fused-ring (bicyclic) bond motifs is 7. The molecule has 0 radical (unpaired) electrons. The molecular formula is C33H34N6. The molecular weight excluding hydrogens is 480 g/mol. The van der Waals surface area contributed by atoms with Crippen molar-refractivity contribution in [3.05, 3.63) is 71.3 Å². The zero-order valence-corrected chi connectivity index (χ0v) is 22.2. The average Bonchev–Trinajstić information content (AvgIpc) is 3.82. The lowest BCUT2D eigenvalue weighted by atomic mass is 9.81. The number of benzene rings is 3. The third kappa shape index (κ3) is 3.47. The molecule has 6 heteroatoms. The van der Waals surface area contributed by atoms with Gasteiger partial charge in [-0.05, 0) is 128 Å².